The van der Waals surface area contributed by atoms with E-state index in [-0.39, 0.29) is 29.2 Å². The number of allylic oxidation sites excluding steroid dienone is 3. The number of nitriles is 2. The summed E-state index contributed by atoms with van der Waals surface area (Å²) in [6.07, 6.45) is 1.59. The topological polar surface area (TPSA) is 99.9 Å². The lowest BCUT2D eigenvalue weighted by molar-refractivity contribution is -0.151. The second-order valence-electron chi connectivity index (χ2n) is 8.76. The quantitative estimate of drug-likeness (QED) is 0.775. The molecule has 0 aromatic heterocycles. The molecule has 5 nitrogen and oxygen atoms in total. The molecule has 0 saturated carbocycles. The first-order valence-corrected chi connectivity index (χ1v) is 10.0. The van der Waals surface area contributed by atoms with Gasteiger partial charge in [-0.2, -0.15) is 10.5 Å². The summed E-state index contributed by atoms with van der Waals surface area (Å²) in [7, 11) is 0. The molecule has 1 aromatic rings. The van der Waals surface area contributed by atoms with Gasteiger partial charge in [0.25, 0.3) is 0 Å². The van der Waals surface area contributed by atoms with Crippen LogP contribution in [0.15, 0.2) is 52.7 Å². The standard InChI is InChI=1S/C24H27N3O2/c1-5-29-22(28)24(14-26)20(16-9-7-6-8-10-16)19-15(2)11-23(3,4)12-17(19)18(13-25)21(24)27/h6-10,15,20H,5,11-12,27H2,1-4H3/t15-,20-,24+/m0/s1. The van der Waals surface area contributed by atoms with Gasteiger partial charge in [0, 0.05) is 5.92 Å². The molecule has 0 amide bonds. The molecule has 0 radical (unpaired) electrons. The number of hydrogen-bond acceptors (Lipinski definition) is 5. The Labute approximate surface area is 172 Å². The average Bonchev–Trinajstić information content (AvgIpc) is 2.67. The Balaban J connectivity index is 2.40. The van der Waals surface area contributed by atoms with Crippen LogP contribution in [0.1, 0.15) is 52.0 Å². The molecule has 0 aliphatic heterocycles. The van der Waals surface area contributed by atoms with Crippen molar-refractivity contribution in [1.82, 2.24) is 0 Å². The Morgan fingerprint density at radius 2 is 1.93 bits per heavy atom. The SMILES string of the molecule is CCOC(=O)[C@@]1(C#N)C(N)=C(C#N)C2=C([C@@H]1c1ccccc1)[C@@H](C)CC(C)(C)C2. The molecule has 150 valence electrons. The fraction of sp³-hybridized carbons (Fsp3) is 0.458. The number of rotatable bonds is 3. The van der Waals surface area contributed by atoms with Crippen molar-refractivity contribution in [2.24, 2.45) is 22.5 Å². The van der Waals surface area contributed by atoms with Crippen LogP contribution in [-0.2, 0) is 9.53 Å². The van der Waals surface area contributed by atoms with E-state index in [0.29, 0.717) is 6.42 Å². The molecule has 2 aliphatic rings. The highest BCUT2D eigenvalue weighted by Gasteiger charge is 2.58. The van der Waals surface area contributed by atoms with Gasteiger partial charge >= 0.3 is 5.97 Å². The van der Waals surface area contributed by atoms with Crippen LogP contribution in [0.5, 0.6) is 0 Å². The summed E-state index contributed by atoms with van der Waals surface area (Å²) in [4.78, 5) is 13.2. The predicted octanol–water partition coefficient (Wildman–Crippen LogP) is 4.35. The smallest absolute Gasteiger partial charge is 0.333 e. The van der Waals surface area contributed by atoms with E-state index in [1.54, 1.807) is 6.92 Å². The maximum absolute atomic E-state index is 13.2. The highest BCUT2D eigenvalue weighted by Crippen LogP contribution is 2.58. The monoisotopic (exact) mass is 389 g/mol. The van der Waals surface area contributed by atoms with Gasteiger partial charge in [-0.05, 0) is 42.2 Å². The van der Waals surface area contributed by atoms with Crippen LogP contribution in [0.2, 0.25) is 0 Å². The molecular weight excluding hydrogens is 362 g/mol. The first-order valence-electron chi connectivity index (χ1n) is 10.0. The lowest BCUT2D eigenvalue weighted by atomic mass is 9.55. The van der Waals surface area contributed by atoms with Crippen LogP contribution < -0.4 is 5.73 Å². The summed E-state index contributed by atoms with van der Waals surface area (Å²) in [5.41, 5.74) is 7.69. The molecule has 2 N–H and O–H groups in total. The first kappa shape index (κ1) is 20.7. The van der Waals surface area contributed by atoms with Gasteiger partial charge in [-0.25, -0.2) is 4.79 Å². The summed E-state index contributed by atoms with van der Waals surface area (Å²) in [5, 5.41) is 20.3. The molecule has 1 aromatic carbocycles. The fourth-order valence-electron chi connectivity index (χ4n) is 5.17. The Hall–Kier alpha value is -3.05. The molecular formula is C24H27N3O2. The Kier molecular flexibility index (Phi) is 5.28. The number of nitrogens with two attached hydrogens (primary N) is 1. The molecule has 0 spiro atoms. The zero-order valence-corrected chi connectivity index (χ0v) is 17.5. The Bertz CT molecular complexity index is 976. The number of nitrogens with zero attached hydrogens (tertiary/aromatic N) is 2. The van der Waals surface area contributed by atoms with E-state index < -0.39 is 17.3 Å². The van der Waals surface area contributed by atoms with Crippen LogP contribution in [0.25, 0.3) is 0 Å². The predicted molar refractivity (Wildman–Crippen MR) is 110 cm³/mol. The molecule has 0 fully saturated rings. The second kappa shape index (κ2) is 7.41. The van der Waals surface area contributed by atoms with Crippen molar-refractivity contribution in [2.75, 3.05) is 6.61 Å². The van der Waals surface area contributed by atoms with Crippen molar-refractivity contribution in [3.63, 3.8) is 0 Å². The average molecular weight is 389 g/mol. The minimum Gasteiger partial charge on any atom is -0.464 e. The van der Waals surface area contributed by atoms with E-state index in [9.17, 15) is 15.3 Å². The fourth-order valence-corrected chi connectivity index (χ4v) is 5.17. The van der Waals surface area contributed by atoms with Gasteiger partial charge in [-0.1, -0.05) is 56.7 Å². The van der Waals surface area contributed by atoms with Crippen LogP contribution in [0.4, 0.5) is 0 Å². The van der Waals surface area contributed by atoms with E-state index in [2.05, 4.69) is 32.9 Å². The molecule has 0 bridgehead atoms. The van der Waals surface area contributed by atoms with Crippen molar-refractivity contribution < 1.29 is 9.53 Å². The molecule has 5 heteroatoms. The van der Waals surface area contributed by atoms with Crippen molar-refractivity contribution in [3.8, 4) is 12.1 Å². The summed E-state index contributed by atoms with van der Waals surface area (Å²) in [5.74, 6) is -1.17. The zero-order valence-electron chi connectivity index (χ0n) is 17.5. The number of hydrogen-bond donors (Lipinski definition) is 1. The molecule has 0 unspecified atom stereocenters. The Morgan fingerprint density at radius 3 is 2.48 bits per heavy atom. The van der Waals surface area contributed by atoms with Crippen molar-refractivity contribution in [3.05, 3.63) is 58.3 Å². The highest BCUT2D eigenvalue weighted by atomic mass is 16.5. The summed E-state index contributed by atoms with van der Waals surface area (Å²) in [6, 6.07) is 13.9. The molecule has 3 atom stereocenters. The van der Waals surface area contributed by atoms with Gasteiger partial charge in [0.1, 0.15) is 6.07 Å². The normalized spacial score (nSPS) is 28.2. The van der Waals surface area contributed by atoms with E-state index in [1.807, 2.05) is 30.3 Å². The summed E-state index contributed by atoms with van der Waals surface area (Å²) in [6.45, 7) is 8.29. The third-order valence-electron chi connectivity index (χ3n) is 6.15. The third-order valence-corrected chi connectivity index (χ3v) is 6.15. The van der Waals surface area contributed by atoms with E-state index in [4.69, 9.17) is 10.5 Å². The molecule has 2 aliphatic carbocycles. The van der Waals surface area contributed by atoms with Gasteiger partial charge in [0.05, 0.1) is 23.9 Å². The minimum absolute atomic E-state index is 0.00155. The van der Waals surface area contributed by atoms with Crippen LogP contribution in [-0.4, -0.2) is 12.6 Å². The van der Waals surface area contributed by atoms with E-state index in [0.717, 1.165) is 23.1 Å². The molecule has 3 rings (SSSR count). The third kappa shape index (κ3) is 3.12. The maximum atomic E-state index is 13.2. The van der Waals surface area contributed by atoms with Gasteiger partial charge in [-0.3, -0.25) is 0 Å². The molecule has 29 heavy (non-hydrogen) atoms. The number of benzene rings is 1. The van der Waals surface area contributed by atoms with Crippen molar-refractivity contribution in [1.29, 1.82) is 10.5 Å². The highest BCUT2D eigenvalue weighted by molar-refractivity contribution is 5.88. The number of carbonyl (C=O) groups is 1. The maximum Gasteiger partial charge on any atom is 0.333 e. The van der Waals surface area contributed by atoms with Crippen molar-refractivity contribution >= 4 is 5.97 Å². The summed E-state index contributed by atoms with van der Waals surface area (Å²) < 4.78 is 5.34. The zero-order chi connectivity index (χ0) is 21.4. The first-order chi connectivity index (χ1) is 13.7. The van der Waals surface area contributed by atoms with Gasteiger partial charge in [0.15, 0.2) is 0 Å². The van der Waals surface area contributed by atoms with Crippen LogP contribution in [0, 0.1) is 39.4 Å². The van der Waals surface area contributed by atoms with Crippen LogP contribution >= 0.6 is 0 Å². The molecule has 0 heterocycles. The van der Waals surface area contributed by atoms with E-state index in [1.165, 1.54) is 0 Å². The second-order valence-corrected chi connectivity index (χ2v) is 8.76. The minimum atomic E-state index is -1.75. The van der Waals surface area contributed by atoms with E-state index >= 15 is 0 Å². The van der Waals surface area contributed by atoms with Gasteiger partial charge in [0.2, 0.25) is 5.41 Å². The number of carbonyl (C=O) groups excluding carboxylic acids is 1. The number of ether oxygens (including phenoxy) is 1. The Morgan fingerprint density at radius 1 is 1.28 bits per heavy atom. The number of esters is 1. The lowest BCUT2D eigenvalue weighted by Crippen LogP contribution is -2.48. The van der Waals surface area contributed by atoms with Crippen LogP contribution in [0.3, 0.4) is 0 Å². The van der Waals surface area contributed by atoms with Gasteiger partial charge in [-0.15, -0.1) is 0 Å². The van der Waals surface area contributed by atoms with Crippen molar-refractivity contribution in [2.45, 2.75) is 46.5 Å². The summed E-state index contributed by atoms with van der Waals surface area (Å²) >= 11 is 0. The lowest BCUT2D eigenvalue weighted by Gasteiger charge is -2.47. The molecule has 0 saturated heterocycles. The largest absolute Gasteiger partial charge is 0.464 e. The van der Waals surface area contributed by atoms with Gasteiger partial charge < -0.3 is 10.5 Å².